The van der Waals surface area contributed by atoms with Gasteiger partial charge in [0.25, 0.3) is 0 Å². The van der Waals surface area contributed by atoms with Gasteiger partial charge in [-0.2, -0.15) is 5.10 Å². The van der Waals surface area contributed by atoms with E-state index in [0.717, 1.165) is 43.9 Å². The van der Waals surface area contributed by atoms with E-state index in [-0.39, 0.29) is 11.7 Å². The van der Waals surface area contributed by atoms with Crippen molar-refractivity contribution in [1.82, 2.24) is 14.6 Å². The predicted molar refractivity (Wildman–Crippen MR) is 125 cm³/mol. The molecule has 0 aliphatic heterocycles. The van der Waals surface area contributed by atoms with Gasteiger partial charge in [-0.1, -0.05) is 46.3 Å². The Morgan fingerprint density at radius 2 is 1.88 bits per heavy atom. The van der Waals surface area contributed by atoms with Crippen molar-refractivity contribution in [3.05, 3.63) is 81.7 Å². The van der Waals surface area contributed by atoms with E-state index in [2.05, 4.69) is 15.9 Å². The molecule has 0 N–H and O–H groups in total. The van der Waals surface area contributed by atoms with E-state index in [9.17, 15) is 4.79 Å². The molecule has 0 bridgehead atoms. The maximum absolute atomic E-state index is 13.1. The van der Waals surface area contributed by atoms with Crippen molar-refractivity contribution in [3.63, 3.8) is 0 Å². The van der Waals surface area contributed by atoms with Crippen LogP contribution in [0.4, 0.5) is 0 Å². The third-order valence-corrected chi connectivity index (χ3v) is 6.45. The maximum atomic E-state index is 13.1. The lowest BCUT2D eigenvalue weighted by Crippen LogP contribution is -2.21. The van der Waals surface area contributed by atoms with Gasteiger partial charge in [0.15, 0.2) is 11.4 Å². The van der Waals surface area contributed by atoms with Gasteiger partial charge in [-0.3, -0.25) is 4.79 Å². The predicted octanol–water partition coefficient (Wildman–Crippen LogP) is 5.23. The number of ketones is 1. The Labute approximate surface area is 194 Å². The van der Waals surface area contributed by atoms with E-state index in [0.29, 0.717) is 25.0 Å². The van der Waals surface area contributed by atoms with Crippen LogP contribution in [-0.2, 0) is 17.8 Å². The lowest BCUT2D eigenvalue weighted by atomic mass is 9.82. The number of methoxy groups -OCH3 is 2. The van der Waals surface area contributed by atoms with Crippen LogP contribution in [-0.4, -0.2) is 34.6 Å². The molecule has 1 aliphatic carbocycles. The number of benzene rings is 2. The summed E-state index contributed by atoms with van der Waals surface area (Å²) in [6.45, 7) is 0.358. The summed E-state index contributed by atoms with van der Waals surface area (Å²) >= 11 is 3.50. The molecule has 5 rings (SSSR count). The Kier molecular flexibility index (Phi) is 5.53. The Balaban J connectivity index is 1.65. The zero-order valence-corrected chi connectivity index (χ0v) is 19.4. The fraction of sp³-hybridized carbons (Fsp3) is 0.240. The summed E-state index contributed by atoms with van der Waals surface area (Å²) in [5.74, 6) is 0.904. The molecule has 0 fully saturated rings. The van der Waals surface area contributed by atoms with Crippen molar-refractivity contribution in [3.8, 4) is 16.9 Å². The molecular weight excluding hydrogens is 470 g/mol. The van der Waals surface area contributed by atoms with Crippen LogP contribution < -0.4 is 4.74 Å². The standard InChI is InChI=1S/C25H22BrN3O3/c1-31-14-21-24(15-7-9-17(26)10-8-15)25-27-20-11-16(18-5-3-4-6-23(18)32-2)12-22(30)19(20)13-29(25)28-21/h3-10,13,16H,11-12,14H2,1-2H3. The number of carbonyl (C=O) groups excluding carboxylic acids is 1. The molecule has 4 aromatic rings. The first-order valence-electron chi connectivity index (χ1n) is 10.4. The zero-order valence-electron chi connectivity index (χ0n) is 17.8. The number of halogens is 1. The van der Waals surface area contributed by atoms with Crippen molar-refractivity contribution < 1.29 is 14.3 Å². The van der Waals surface area contributed by atoms with Crippen LogP contribution >= 0.6 is 15.9 Å². The monoisotopic (exact) mass is 491 g/mol. The second kappa shape index (κ2) is 8.48. The van der Waals surface area contributed by atoms with Crippen LogP contribution in [0, 0.1) is 0 Å². The topological polar surface area (TPSA) is 65.7 Å². The largest absolute Gasteiger partial charge is 0.496 e. The van der Waals surface area contributed by atoms with Gasteiger partial charge in [0, 0.05) is 30.1 Å². The maximum Gasteiger partial charge on any atom is 0.166 e. The van der Waals surface area contributed by atoms with Gasteiger partial charge in [-0.25, -0.2) is 9.50 Å². The van der Waals surface area contributed by atoms with Crippen molar-refractivity contribution in [2.24, 2.45) is 0 Å². The quantitative estimate of drug-likeness (QED) is 0.382. The molecule has 2 heterocycles. The summed E-state index contributed by atoms with van der Waals surface area (Å²) < 4.78 is 13.7. The molecule has 0 saturated heterocycles. The molecule has 1 atom stereocenters. The molecule has 0 radical (unpaired) electrons. The number of carbonyl (C=O) groups is 1. The molecule has 1 aliphatic rings. The number of Topliss-reactive ketones (excluding diaryl/α,β-unsaturated/α-hetero) is 1. The highest BCUT2D eigenvalue weighted by Crippen LogP contribution is 2.37. The molecule has 6 nitrogen and oxygen atoms in total. The smallest absolute Gasteiger partial charge is 0.166 e. The highest BCUT2D eigenvalue weighted by atomic mass is 79.9. The lowest BCUT2D eigenvalue weighted by molar-refractivity contribution is 0.0962. The summed E-state index contributed by atoms with van der Waals surface area (Å²) in [6.07, 6.45) is 2.91. The van der Waals surface area contributed by atoms with E-state index in [1.807, 2.05) is 54.7 Å². The fourth-order valence-electron chi connectivity index (χ4n) is 4.45. The van der Waals surface area contributed by atoms with Gasteiger partial charge in [0.05, 0.1) is 36.2 Å². The van der Waals surface area contributed by atoms with Gasteiger partial charge < -0.3 is 9.47 Å². The molecule has 2 aromatic heterocycles. The average molecular weight is 492 g/mol. The number of hydrogen-bond donors (Lipinski definition) is 0. The molecule has 0 amide bonds. The molecule has 32 heavy (non-hydrogen) atoms. The molecule has 7 heteroatoms. The minimum absolute atomic E-state index is 0.0265. The minimum Gasteiger partial charge on any atom is -0.496 e. The molecule has 2 aromatic carbocycles. The highest BCUT2D eigenvalue weighted by molar-refractivity contribution is 9.10. The van der Waals surface area contributed by atoms with Gasteiger partial charge in [-0.05, 0) is 35.7 Å². The number of rotatable bonds is 5. The van der Waals surface area contributed by atoms with Crippen LogP contribution in [0.15, 0.2) is 59.2 Å². The van der Waals surface area contributed by atoms with Crippen molar-refractivity contribution >= 4 is 27.4 Å². The summed E-state index contributed by atoms with van der Waals surface area (Å²) in [7, 11) is 3.31. The summed E-state index contributed by atoms with van der Waals surface area (Å²) in [5.41, 5.74) is 5.92. The second-order valence-electron chi connectivity index (χ2n) is 7.90. The average Bonchev–Trinajstić information content (AvgIpc) is 3.15. The van der Waals surface area contributed by atoms with Crippen LogP contribution in [0.5, 0.6) is 5.75 Å². The van der Waals surface area contributed by atoms with Crippen LogP contribution in [0.1, 0.15) is 39.6 Å². The number of hydrogen-bond acceptors (Lipinski definition) is 5. The molecule has 0 saturated carbocycles. The molecule has 162 valence electrons. The zero-order chi connectivity index (χ0) is 22.2. The van der Waals surface area contributed by atoms with Crippen LogP contribution in [0.3, 0.4) is 0 Å². The van der Waals surface area contributed by atoms with Crippen molar-refractivity contribution in [2.75, 3.05) is 14.2 Å². The minimum atomic E-state index is 0.0265. The van der Waals surface area contributed by atoms with Gasteiger partial charge in [0.2, 0.25) is 0 Å². The summed E-state index contributed by atoms with van der Waals surface area (Å²) in [5, 5.41) is 4.69. The lowest BCUT2D eigenvalue weighted by Gasteiger charge is -2.24. The van der Waals surface area contributed by atoms with Crippen molar-refractivity contribution in [1.29, 1.82) is 0 Å². The Hall–Kier alpha value is -3.03. The van der Waals surface area contributed by atoms with Gasteiger partial charge in [0.1, 0.15) is 5.75 Å². The first kappa shape index (κ1) is 20.8. The SMILES string of the molecule is COCc1nn2cc3c(nc2c1-c1ccc(Br)cc1)CC(c1ccccc1OC)CC3=O. The first-order valence-corrected chi connectivity index (χ1v) is 11.2. The summed E-state index contributed by atoms with van der Waals surface area (Å²) in [4.78, 5) is 18.1. The van der Waals surface area contributed by atoms with Crippen molar-refractivity contribution in [2.45, 2.75) is 25.4 Å². The third-order valence-electron chi connectivity index (χ3n) is 5.93. The Bertz CT molecular complexity index is 1310. The van der Waals surface area contributed by atoms with E-state index in [1.165, 1.54) is 0 Å². The summed E-state index contributed by atoms with van der Waals surface area (Å²) in [6, 6.07) is 15.9. The third kappa shape index (κ3) is 3.61. The first-order chi connectivity index (χ1) is 15.6. The van der Waals surface area contributed by atoms with E-state index in [1.54, 1.807) is 18.7 Å². The van der Waals surface area contributed by atoms with Gasteiger partial charge >= 0.3 is 0 Å². The molecule has 0 spiro atoms. The number of aromatic nitrogens is 3. The van der Waals surface area contributed by atoms with E-state index < -0.39 is 0 Å². The molecular formula is C25H22BrN3O3. The Morgan fingerprint density at radius 1 is 1.09 bits per heavy atom. The van der Waals surface area contributed by atoms with Crippen LogP contribution in [0.2, 0.25) is 0 Å². The van der Waals surface area contributed by atoms with E-state index >= 15 is 0 Å². The second-order valence-corrected chi connectivity index (χ2v) is 8.82. The number of ether oxygens (including phenoxy) is 2. The number of para-hydroxylation sites is 1. The normalized spacial score (nSPS) is 15.7. The van der Waals surface area contributed by atoms with Gasteiger partial charge in [-0.15, -0.1) is 0 Å². The Morgan fingerprint density at radius 3 is 2.62 bits per heavy atom. The fourth-order valence-corrected chi connectivity index (χ4v) is 4.72. The number of nitrogens with zero attached hydrogens (tertiary/aromatic N) is 3. The molecule has 1 unspecified atom stereocenters. The van der Waals surface area contributed by atoms with Crippen LogP contribution in [0.25, 0.3) is 16.8 Å². The highest BCUT2D eigenvalue weighted by Gasteiger charge is 2.30. The van der Waals surface area contributed by atoms with E-state index in [4.69, 9.17) is 19.6 Å². The number of fused-ring (bicyclic) bond motifs is 2.